The molecule has 0 aliphatic heterocycles. The van der Waals surface area contributed by atoms with Crippen LogP contribution in [0.5, 0.6) is 0 Å². The van der Waals surface area contributed by atoms with Crippen LogP contribution in [0.25, 0.3) is 0 Å². The summed E-state index contributed by atoms with van der Waals surface area (Å²) < 4.78 is 235. The third-order valence-corrected chi connectivity index (χ3v) is 8.51. The van der Waals surface area contributed by atoms with Gasteiger partial charge in [0.2, 0.25) is 0 Å². The van der Waals surface area contributed by atoms with Crippen molar-refractivity contribution in [3.05, 3.63) is 0 Å². The second-order valence-corrected chi connectivity index (χ2v) is 13.0. The molecule has 0 aromatic carbocycles. The molecule has 0 radical (unpaired) electrons. The van der Waals surface area contributed by atoms with Crippen LogP contribution in [-0.4, -0.2) is 59.8 Å². The van der Waals surface area contributed by atoms with Crippen molar-refractivity contribution in [2.45, 2.75) is 183 Å². The summed E-state index contributed by atoms with van der Waals surface area (Å²) in [5.74, 6) is -56.0. The molecule has 0 amide bonds. The summed E-state index contributed by atoms with van der Waals surface area (Å²) >= 11 is 0. The number of alkyl halides is 17. The summed E-state index contributed by atoms with van der Waals surface area (Å²) in [5.41, 5.74) is 0. The van der Waals surface area contributed by atoms with E-state index in [1.54, 1.807) is 0 Å². The number of halogens is 17. The van der Waals surface area contributed by atoms with Gasteiger partial charge in [-0.2, -0.15) is 74.6 Å². The first-order chi connectivity index (χ1) is 24.0. The summed E-state index contributed by atoms with van der Waals surface area (Å²) in [6, 6.07) is 0. The lowest BCUT2D eigenvalue weighted by atomic mass is 9.89. The number of hydrogen-bond acceptors (Lipinski definition) is 4. The number of carbonyl (C=O) groups is 2. The molecule has 0 spiro atoms. The van der Waals surface area contributed by atoms with Crippen molar-refractivity contribution in [2.75, 3.05) is 0 Å². The average Bonchev–Trinajstić information content (AvgIpc) is 3.01. The number of esters is 1. The van der Waals surface area contributed by atoms with Crippen molar-refractivity contribution in [1.82, 2.24) is 0 Å². The fraction of sp³-hybridized carbons (Fsp3) is 0.938. The number of carboxylic acid groups (broad SMARTS) is 1. The first kappa shape index (κ1) is 50.8. The zero-order valence-corrected chi connectivity index (χ0v) is 28.8. The minimum absolute atomic E-state index is 0.183. The first-order valence-corrected chi connectivity index (χ1v) is 17.1. The van der Waals surface area contributed by atoms with Crippen molar-refractivity contribution in [1.29, 1.82) is 0 Å². The highest BCUT2D eigenvalue weighted by Gasteiger charge is 2.93. The average molecular weight is 816 g/mol. The molecule has 4 nitrogen and oxygen atoms in total. The highest BCUT2D eigenvalue weighted by atomic mass is 19.4. The van der Waals surface area contributed by atoms with Crippen LogP contribution in [0.15, 0.2) is 0 Å². The Labute approximate surface area is 295 Å². The largest absolute Gasteiger partial charge is 0.550 e. The van der Waals surface area contributed by atoms with Crippen LogP contribution in [0.1, 0.15) is 135 Å². The van der Waals surface area contributed by atoms with E-state index >= 15 is 0 Å². The van der Waals surface area contributed by atoms with Crippen molar-refractivity contribution in [3.63, 3.8) is 0 Å². The molecule has 0 fully saturated rings. The van der Waals surface area contributed by atoms with E-state index < -0.39 is 91.4 Å². The Morgan fingerprint density at radius 2 is 0.830 bits per heavy atom. The van der Waals surface area contributed by atoms with Gasteiger partial charge in [-0.25, -0.2) is 0 Å². The zero-order valence-electron chi connectivity index (χ0n) is 28.8. The molecular weight excluding hydrogens is 771 g/mol. The maximum Gasteiger partial charge on any atom is 0.473 e. The molecule has 21 heteroatoms. The molecule has 0 bridgehead atoms. The zero-order chi connectivity index (χ0) is 41.6. The monoisotopic (exact) mass is 815 g/mol. The number of hydrogen-bond donors (Lipinski definition) is 0. The number of rotatable bonds is 29. The van der Waals surface area contributed by atoms with Gasteiger partial charge in [-0.05, 0) is 6.42 Å². The summed E-state index contributed by atoms with van der Waals surface area (Å²) in [6.45, 7) is 2.13. The summed E-state index contributed by atoms with van der Waals surface area (Å²) in [4.78, 5) is 23.1. The van der Waals surface area contributed by atoms with Gasteiger partial charge in [0.1, 0.15) is 0 Å². The number of unbranched alkanes of at least 4 members (excludes halogenated alkanes) is 15. The third-order valence-electron chi connectivity index (χ3n) is 8.51. The van der Waals surface area contributed by atoms with E-state index in [1.165, 1.54) is 32.1 Å². The van der Waals surface area contributed by atoms with Gasteiger partial charge in [-0.15, -0.1) is 0 Å². The van der Waals surface area contributed by atoms with Crippen molar-refractivity contribution < 1.29 is 94.1 Å². The number of carbonyl (C=O) groups excluding carboxylic acids is 2. The summed E-state index contributed by atoms with van der Waals surface area (Å²) in [5, 5.41) is 11.0. The molecule has 53 heavy (non-hydrogen) atoms. The minimum atomic E-state index is -8.59. The predicted octanol–water partition coefficient (Wildman–Crippen LogP) is 11.7. The topological polar surface area (TPSA) is 66.4 Å². The Bertz CT molecular complexity index is 1090. The van der Waals surface area contributed by atoms with Gasteiger partial charge in [-0.3, -0.25) is 4.79 Å². The predicted molar refractivity (Wildman–Crippen MR) is 153 cm³/mol. The first-order valence-electron chi connectivity index (χ1n) is 17.1. The Balaban J connectivity index is 5.39. The number of ether oxygens (including phenoxy) is 1. The van der Waals surface area contributed by atoms with Crippen molar-refractivity contribution >= 4 is 11.9 Å². The van der Waals surface area contributed by atoms with E-state index in [0.717, 1.165) is 44.9 Å². The van der Waals surface area contributed by atoms with Gasteiger partial charge in [-0.1, -0.05) is 110 Å². The Morgan fingerprint density at radius 3 is 1.19 bits per heavy atom. The smallest absolute Gasteiger partial charge is 0.473 e. The van der Waals surface area contributed by atoms with Crippen molar-refractivity contribution in [3.8, 4) is 0 Å². The maximum absolute atomic E-state index is 14.2. The molecule has 0 saturated heterocycles. The number of aliphatic carboxylic acids is 1. The quantitative estimate of drug-likeness (QED) is 0.0428. The Morgan fingerprint density at radius 1 is 0.491 bits per heavy atom. The molecule has 0 N–H and O–H groups in total. The highest BCUT2D eigenvalue weighted by Crippen LogP contribution is 2.63. The third kappa shape index (κ3) is 14.1. The Hall–Kier alpha value is -2.25. The van der Waals surface area contributed by atoms with Crippen LogP contribution in [0.4, 0.5) is 74.6 Å². The van der Waals surface area contributed by atoms with E-state index in [4.69, 9.17) is 0 Å². The molecule has 0 saturated carbocycles. The van der Waals surface area contributed by atoms with Crippen LogP contribution >= 0.6 is 0 Å². The molecule has 316 valence electrons. The molecular formula is C32H44F17O4-. The van der Waals surface area contributed by atoms with Gasteiger partial charge in [0, 0.05) is 25.2 Å². The van der Waals surface area contributed by atoms with Gasteiger partial charge < -0.3 is 14.6 Å². The lowest BCUT2D eigenvalue weighted by Crippen LogP contribution is -2.73. The Kier molecular flexibility index (Phi) is 19.7. The van der Waals surface area contributed by atoms with Gasteiger partial charge in [0.05, 0.1) is 5.92 Å². The lowest BCUT2D eigenvalue weighted by Gasteiger charge is -2.42. The minimum Gasteiger partial charge on any atom is -0.550 e. The molecule has 0 heterocycles. The molecule has 0 aromatic rings. The fourth-order valence-electron chi connectivity index (χ4n) is 5.18. The van der Waals surface area contributed by atoms with Gasteiger partial charge in [0.25, 0.3) is 0 Å². The molecule has 0 rings (SSSR count). The van der Waals surface area contributed by atoms with E-state index in [1.807, 2.05) is 0 Å². The molecule has 0 aliphatic carbocycles. The normalized spacial score (nSPS) is 14.8. The van der Waals surface area contributed by atoms with Crippen LogP contribution in [0.3, 0.4) is 0 Å². The van der Waals surface area contributed by atoms with Crippen LogP contribution in [0.2, 0.25) is 0 Å². The van der Waals surface area contributed by atoms with E-state index in [-0.39, 0.29) is 12.8 Å². The second kappa shape index (κ2) is 20.6. The van der Waals surface area contributed by atoms with E-state index in [0.29, 0.717) is 12.8 Å². The fourth-order valence-corrected chi connectivity index (χ4v) is 5.18. The van der Waals surface area contributed by atoms with E-state index in [9.17, 15) is 89.3 Å². The van der Waals surface area contributed by atoms with Crippen LogP contribution in [0, 0.1) is 5.92 Å². The van der Waals surface area contributed by atoms with Gasteiger partial charge in [0.15, 0.2) is 0 Å². The van der Waals surface area contributed by atoms with Crippen LogP contribution in [-0.2, 0) is 14.3 Å². The standard InChI is InChI=1S/C32H45F17O4/c1-2-3-4-5-6-7-8-9-10-11-12-13-14-15-16-17-18-22(21-23(50)51)24(52)53-32(48,49)31(46,47)30(44,45)29(42,43)28(40,41)27(38,39)25(33,34)19-20-26(35,36)37/h22H,2-21H2,1H3,(H,50,51)/p-1. The molecule has 1 atom stereocenters. The van der Waals surface area contributed by atoms with Crippen LogP contribution < -0.4 is 5.11 Å². The number of carboxylic acids is 1. The van der Waals surface area contributed by atoms with Crippen molar-refractivity contribution in [2.24, 2.45) is 5.92 Å². The highest BCUT2D eigenvalue weighted by molar-refractivity contribution is 5.78. The van der Waals surface area contributed by atoms with E-state index in [2.05, 4.69) is 11.7 Å². The molecule has 0 aromatic heterocycles. The maximum atomic E-state index is 14.2. The second-order valence-electron chi connectivity index (χ2n) is 13.0. The SMILES string of the molecule is CCCCCCCCCCCCCCCCCCC(CC(=O)[O-])C(=O)OC(F)(F)C(F)(F)C(F)(F)C(F)(F)C(F)(F)C(F)(F)C(F)(F)CCC(F)(F)F. The summed E-state index contributed by atoms with van der Waals surface area (Å²) in [7, 11) is 0. The molecule has 0 aliphatic rings. The van der Waals surface area contributed by atoms with Gasteiger partial charge >= 0.3 is 53.8 Å². The molecule has 1 unspecified atom stereocenters. The lowest BCUT2D eigenvalue weighted by molar-refractivity contribution is -0.461. The summed E-state index contributed by atoms with van der Waals surface area (Å²) in [6.07, 6.45) is -8.05.